The fraction of sp³-hybridized carbons (Fsp3) is 0.600. The van der Waals surface area contributed by atoms with E-state index in [1.165, 1.54) is 5.56 Å². The van der Waals surface area contributed by atoms with Gasteiger partial charge in [-0.1, -0.05) is 26.8 Å². The molecule has 17 heavy (non-hydrogen) atoms. The van der Waals surface area contributed by atoms with E-state index in [9.17, 15) is 5.11 Å². The third kappa shape index (κ3) is 4.04. The maximum absolute atomic E-state index is 10.1. The Labute approximate surface area is 105 Å². The molecule has 0 radical (unpaired) electrons. The molecule has 0 saturated heterocycles. The number of hydrogen-bond acceptors (Lipinski definition) is 2. The molecule has 0 aliphatic heterocycles. The molecule has 0 heterocycles. The monoisotopic (exact) mass is 236 g/mol. The van der Waals surface area contributed by atoms with Crippen LogP contribution in [0.2, 0.25) is 0 Å². The molecule has 1 rings (SSSR count). The van der Waals surface area contributed by atoms with Gasteiger partial charge in [-0.05, 0) is 43.4 Å². The van der Waals surface area contributed by atoms with Gasteiger partial charge >= 0.3 is 0 Å². The largest absolute Gasteiger partial charge is 0.496 e. The summed E-state index contributed by atoms with van der Waals surface area (Å²) in [6.07, 6.45) is 0.986. The van der Waals surface area contributed by atoms with Crippen molar-refractivity contribution in [2.24, 2.45) is 5.41 Å². The summed E-state index contributed by atoms with van der Waals surface area (Å²) >= 11 is 0. The number of hydrogen-bond donors (Lipinski definition) is 1. The smallest absolute Gasteiger partial charge is 0.124 e. The number of benzene rings is 1. The predicted molar refractivity (Wildman–Crippen MR) is 71.4 cm³/mol. The maximum Gasteiger partial charge on any atom is 0.124 e. The normalized spacial score (nSPS) is 12.6. The Balaban J connectivity index is 3.14. The molecule has 0 saturated carbocycles. The van der Waals surface area contributed by atoms with E-state index in [2.05, 4.69) is 26.8 Å². The molecule has 1 aromatic rings. The van der Waals surface area contributed by atoms with E-state index in [0.717, 1.165) is 17.7 Å². The second kappa shape index (κ2) is 4.69. The highest BCUT2D eigenvalue weighted by Gasteiger charge is 2.22. The van der Waals surface area contributed by atoms with Crippen LogP contribution in [0, 0.1) is 5.41 Å². The van der Waals surface area contributed by atoms with Gasteiger partial charge in [-0.2, -0.15) is 0 Å². The van der Waals surface area contributed by atoms with Gasteiger partial charge < -0.3 is 9.84 Å². The quantitative estimate of drug-likeness (QED) is 0.870. The number of methoxy groups -OCH3 is 1. The van der Waals surface area contributed by atoms with Crippen molar-refractivity contribution in [1.82, 2.24) is 0 Å². The van der Waals surface area contributed by atoms with Gasteiger partial charge in [-0.25, -0.2) is 0 Å². The van der Waals surface area contributed by atoms with Gasteiger partial charge in [0.15, 0.2) is 0 Å². The van der Waals surface area contributed by atoms with Crippen molar-refractivity contribution in [2.45, 2.75) is 46.6 Å². The summed E-state index contributed by atoms with van der Waals surface area (Å²) in [6.45, 7) is 10.2. The molecule has 0 aliphatic carbocycles. The van der Waals surface area contributed by atoms with E-state index in [1.54, 1.807) is 21.0 Å². The molecule has 1 aromatic carbocycles. The number of aliphatic hydroxyl groups is 1. The Hall–Kier alpha value is -1.02. The van der Waals surface area contributed by atoms with Crippen molar-refractivity contribution >= 4 is 0 Å². The van der Waals surface area contributed by atoms with Crippen LogP contribution in [-0.2, 0) is 12.0 Å². The topological polar surface area (TPSA) is 29.5 Å². The molecule has 0 aromatic heterocycles. The van der Waals surface area contributed by atoms with Crippen molar-refractivity contribution in [1.29, 1.82) is 0 Å². The average molecular weight is 236 g/mol. The molecule has 0 bridgehead atoms. The molecular weight excluding hydrogens is 212 g/mol. The molecular formula is C15H24O2. The molecule has 0 fully saturated rings. The summed E-state index contributed by atoms with van der Waals surface area (Å²) in [7, 11) is 1.63. The third-order valence-electron chi connectivity index (χ3n) is 2.66. The Kier molecular flexibility index (Phi) is 3.88. The lowest BCUT2D eigenvalue weighted by Crippen LogP contribution is -2.18. The highest BCUT2D eigenvalue weighted by Crippen LogP contribution is 2.32. The van der Waals surface area contributed by atoms with E-state index in [-0.39, 0.29) is 5.41 Å². The van der Waals surface area contributed by atoms with Crippen LogP contribution in [0.1, 0.15) is 45.7 Å². The predicted octanol–water partition coefficient (Wildman–Crippen LogP) is 3.51. The lowest BCUT2D eigenvalue weighted by atomic mass is 9.86. The number of rotatable bonds is 3. The van der Waals surface area contributed by atoms with Crippen LogP contribution in [0.15, 0.2) is 18.2 Å². The minimum Gasteiger partial charge on any atom is -0.496 e. The van der Waals surface area contributed by atoms with E-state index < -0.39 is 5.60 Å². The minimum atomic E-state index is -0.876. The summed E-state index contributed by atoms with van der Waals surface area (Å²) in [5.41, 5.74) is 1.45. The van der Waals surface area contributed by atoms with E-state index >= 15 is 0 Å². The van der Waals surface area contributed by atoms with Crippen LogP contribution in [0.3, 0.4) is 0 Å². The van der Waals surface area contributed by atoms with Crippen LogP contribution >= 0.6 is 0 Å². The first-order valence-electron chi connectivity index (χ1n) is 6.03. The first kappa shape index (κ1) is 14.0. The molecule has 1 N–H and O–H groups in total. The Bertz CT molecular complexity index is 381. The molecule has 0 atom stereocenters. The summed E-state index contributed by atoms with van der Waals surface area (Å²) < 4.78 is 5.30. The van der Waals surface area contributed by atoms with Crippen LogP contribution < -0.4 is 4.74 Å². The second-order valence-electron chi connectivity index (χ2n) is 6.33. The molecule has 0 unspecified atom stereocenters. The molecule has 0 spiro atoms. The standard InChI is InChI=1S/C15H24O2/c1-14(2,3)10-11-7-8-13(17-6)12(9-11)15(4,5)16/h7-9,16H,10H2,1-6H3. The fourth-order valence-electron chi connectivity index (χ4n) is 1.96. The molecule has 2 heteroatoms. The highest BCUT2D eigenvalue weighted by molar-refractivity contribution is 5.40. The van der Waals surface area contributed by atoms with Crippen molar-refractivity contribution in [3.8, 4) is 5.75 Å². The van der Waals surface area contributed by atoms with Crippen LogP contribution in [0.4, 0.5) is 0 Å². The van der Waals surface area contributed by atoms with Gasteiger partial charge in [0.2, 0.25) is 0 Å². The third-order valence-corrected chi connectivity index (χ3v) is 2.66. The first-order valence-corrected chi connectivity index (χ1v) is 6.03. The fourth-order valence-corrected chi connectivity index (χ4v) is 1.96. The van der Waals surface area contributed by atoms with Gasteiger partial charge in [0.1, 0.15) is 5.75 Å². The van der Waals surface area contributed by atoms with Crippen LogP contribution in [0.5, 0.6) is 5.75 Å². The van der Waals surface area contributed by atoms with Crippen LogP contribution in [-0.4, -0.2) is 12.2 Å². The first-order chi connectivity index (χ1) is 7.63. The Morgan fingerprint density at radius 2 is 1.71 bits per heavy atom. The van der Waals surface area contributed by atoms with Gasteiger partial charge in [0, 0.05) is 5.56 Å². The lowest BCUT2D eigenvalue weighted by Gasteiger charge is -2.24. The lowest BCUT2D eigenvalue weighted by molar-refractivity contribution is 0.0755. The van der Waals surface area contributed by atoms with Crippen LogP contribution in [0.25, 0.3) is 0 Å². The van der Waals surface area contributed by atoms with E-state index in [0.29, 0.717) is 0 Å². The van der Waals surface area contributed by atoms with Gasteiger partial charge in [0.05, 0.1) is 12.7 Å². The van der Waals surface area contributed by atoms with Crippen molar-refractivity contribution in [3.05, 3.63) is 29.3 Å². The SMILES string of the molecule is COc1ccc(CC(C)(C)C)cc1C(C)(C)O. The molecule has 2 nitrogen and oxygen atoms in total. The molecule has 0 aliphatic rings. The molecule has 96 valence electrons. The maximum atomic E-state index is 10.1. The highest BCUT2D eigenvalue weighted by atomic mass is 16.5. The van der Waals surface area contributed by atoms with Gasteiger partial charge in [0.25, 0.3) is 0 Å². The summed E-state index contributed by atoms with van der Waals surface area (Å²) in [4.78, 5) is 0. The zero-order valence-corrected chi connectivity index (χ0v) is 11.8. The van der Waals surface area contributed by atoms with Gasteiger partial charge in [-0.3, -0.25) is 0 Å². The molecule has 0 amide bonds. The Morgan fingerprint density at radius 3 is 2.12 bits per heavy atom. The van der Waals surface area contributed by atoms with Crippen molar-refractivity contribution in [2.75, 3.05) is 7.11 Å². The van der Waals surface area contributed by atoms with E-state index in [1.807, 2.05) is 12.1 Å². The number of ether oxygens (including phenoxy) is 1. The second-order valence-corrected chi connectivity index (χ2v) is 6.33. The van der Waals surface area contributed by atoms with E-state index in [4.69, 9.17) is 4.74 Å². The summed E-state index contributed by atoms with van der Waals surface area (Å²) in [6, 6.07) is 6.05. The zero-order chi connectivity index (χ0) is 13.3. The van der Waals surface area contributed by atoms with Gasteiger partial charge in [-0.15, -0.1) is 0 Å². The Morgan fingerprint density at radius 1 is 1.12 bits per heavy atom. The van der Waals surface area contributed by atoms with Crippen molar-refractivity contribution in [3.63, 3.8) is 0 Å². The summed E-state index contributed by atoms with van der Waals surface area (Å²) in [5.74, 6) is 0.746. The zero-order valence-electron chi connectivity index (χ0n) is 11.8. The summed E-state index contributed by atoms with van der Waals surface area (Å²) in [5, 5.41) is 10.1. The average Bonchev–Trinajstić information content (AvgIpc) is 2.13. The van der Waals surface area contributed by atoms with Crippen molar-refractivity contribution < 1.29 is 9.84 Å². The minimum absolute atomic E-state index is 0.242.